The second kappa shape index (κ2) is 15.6. The number of carbonyl (C=O) groups is 2. The lowest BCUT2D eigenvalue weighted by Crippen LogP contribution is -2.53. The summed E-state index contributed by atoms with van der Waals surface area (Å²) in [7, 11) is 0. The normalized spacial score (nSPS) is 28.3. The van der Waals surface area contributed by atoms with Crippen LogP contribution in [0.25, 0.3) is 0 Å². The molecule has 9 nitrogen and oxygen atoms in total. The highest BCUT2D eigenvalue weighted by Gasteiger charge is 2.54. The topological polar surface area (TPSA) is 110 Å². The number of Topliss-reactive ketones (excluding diaryl/α,β-unsaturated/α-hetero) is 1. The number of carboxylic acids is 1. The number of piperidine rings is 1. The van der Waals surface area contributed by atoms with Gasteiger partial charge in [0.05, 0.1) is 6.61 Å². The van der Waals surface area contributed by atoms with E-state index in [1.54, 1.807) is 19.1 Å². The molecule has 55 heavy (non-hydrogen) atoms. The van der Waals surface area contributed by atoms with E-state index in [1.165, 1.54) is 28.8 Å². The van der Waals surface area contributed by atoms with E-state index in [9.17, 15) is 14.7 Å². The highest BCUT2D eigenvalue weighted by molar-refractivity contribution is 6.30. The molecule has 2 unspecified atom stereocenters. The number of carboxylic acid groups (broad SMARTS) is 1. The molecule has 10 heteroatoms. The molecule has 3 heterocycles. The number of hydrogen-bond acceptors (Lipinski definition) is 8. The fourth-order valence-corrected chi connectivity index (χ4v) is 10.8. The van der Waals surface area contributed by atoms with Gasteiger partial charge in [-0.1, -0.05) is 31.5 Å². The molecule has 0 radical (unpaired) electrons. The van der Waals surface area contributed by atoms with Crippen molar-refractivity contribution in [2.75, 3.05) is 38.2 Å². The first-order valence-electron chi connectivity index (χ1n) is 20.6. The number of hydrogen-bond donors (Lipinski definition) is 2. The van der Waals surface area contributed by atoms with Gasteiger partial charge in [0.25, 0.3) is 0 Å². The third kappa shape index (κ3) is 7.68. The second-order valence-corrected chi connectivity index (χ2v) is 17.8. The number of fused-ring (bicyclic) bond motifs is 4. The van der Waals surface area contributed by atoms with Gasteiger partial charge in [-0.2, -0.15) is 0 Å². The molecule has 0 amide bonds. The van der Waals surface area contributed by atoms with Crippen LogP contribution in [-0.2, 0) is 27.8 Å². The average Bonchev–Trinajstić information content (AvgIpc) is 3.44. The summed E-state index contributed by atoms with van der Waals surface area (Å²) < 4.78 is 19.7. The van der Waals surface area contributed by atoms with Gasteiger partial charge in [0.1, 0.15) is 29.8 Å². The Hall–Kier alpha value is -3.82. The zero-order chi connectivity index (χ0) is 38.3. The number of nitrogens with zero attached hydrogens (tertiary/aromatic N) is 2. The summed E-state index contributed by atoms with van der Waals surface area (Å²) in [5.74, 6) is 3.24. The van der Waals surface area contributed by atoms with Crippen molar-refractivity contribution in [3.63, 3.8) is 0 Å². The van der Waals surface area contributed by atoms with Gasteiger partial charge in [-0.05, 0) is 161 Å². The van der Waals surface area contributed by atoms with Crippen molar-refractivity contribution in [2.45, 2.75) is 114 Å². The predicted molar refractivity (Wildman–Crippen MR) is 214 cm³/mol. The maximum absolute atomic E-state index is 13.1. The minimum atomic E-state index is -1.09. The van der Waals surface area contributed by atoms with Gasteiger partial charge in [-0.15, -0.1) is 0 Å². The van der Waals surface area contributed by atoms with E-state index >= 15 is 0 Å². The first kappa shape index (κ1) is 38.1. The quantitative estimate of drug-likeness (QED) is 0.198. The Balaban J connectivity index is 1.03. The molecule has 0 bridgehead atoms. The standard InChI is InChI=1S/C45H56ClN3O6/c1-28(26-53-39-10-17-47-38-9-4-6-29(2)42(38)39)20-33-21-32-22-40-41(55-36(27-54-40)25-49-18-11-31(12-19-49)30(3)50)24-37(32)44(33)13-15-45(16-14-44,43(51)52)48-35-8-5-7-34(46)23-35/h5,7-8,10,17,22-24,28-29,31,33,36,48H,4,6,9,11-16,18-21,25-27H2,1-3H3,(H,51,52)/t28-,29-,33?,36?,44?,45?/m1/s1. The SMILES string of the molecule is CC(=O)C1CCN(CC2COc3cc4c(cc3O2)C2(CCC(Nc3cccc(Cl)c3)(C(=O)O)CC2)C(C[C@@H](C)COc2ccnc3c2[C@H](C)CCC3)C4)CC1. The summed E-state index contributed by atoms with van der Waals surface area (Å²) in [4.78, 5) is 32.1. The van der Waals surface area contributed by atoms with Gasteiger partial charge in [0, 0.05) is 40.6 Å². The Morgan fingerprint density at radius 1 is 1.09 bits per heavy atom. The Bertz CT molecular complexity index is 1900. The summed E-state index contributed by atoms with van der Waals surface area (Å²) in [6.07, 6.45) is 11.3. The average molecular weight is 770 g/mol. The minimum absolute atomic E-state index is 0.0979. The van der Waals surface area contributed by atoms with Crippen LogP contribution < -0.4 is 19.5 Å². The van der Waals surface area contributed by atoms with Gasteiger partial charge >= 0.3 is 5.97 Å². The van der Waals surface area contributed by atoms with Crippen molar-refractivity contribution < 1.29 is 28.9 Å². The maximum Gasteiger partial charge on any atom is 0.329 e. The highest BCUT2D eigenvalue weighted by atomic mass is 35.5. The molecule has 2 fully saturated rings. The molecule has 2 aliphatic heterocycles. The molecular weight excluding hydrogens is 714 g/mol. The van der Waals surface area contributed by atoms with E-state index in [1.807, 2.05) is 24.4 Å². The van der Waals surface area contributed by atoms with Crippen LogP contribution in [0.2, 0.25) is 5.02 Å². The largest absolute Gasteiger partial charge is 0.493 e. The monoisotopic (exact) mass is 769 g/mol. The highest BCUT2D eigenvalue weighted by Crippen LogP contribution is 2.58. The smallest absolute Gasteiger partial charge is 0.329 e. The number of aliphatic carboxylic acids is 1. The molecule has 3 aliphatic carbocycles. The minimum Gasteiger partial charge on any atom is -0.493 e. The number of pyridine rings is 1. The first-order valence-corrected chi connectivity index (χ1v) is 21.0. The zero-order valence-electron chi connectivity index (χ0n) is 32.6. The number of anilines is 1. The predicted octanol–water partition coefficient (Wildman–Crippen LogP) is 8.64. The molecule has 4 atom stereocenters. The van der Waals surface area contributed by atoms with Crippen LogP contribution in [0.15, 0.2) is 48.7 Å². The number of nitrogens with one attached hydrogen (secondary N) is 1. The lowest BCUT2D eigenvalue weighted by Gasteiger charge is -2.47. The van der Waals surface area contributed by atoms with Crippen molar-refractivity contribution in [3.8, 4) is 17.2 Å². The van der Waals surface area contributed by atoms with E-state index in [4.69, 9.17) is 25.8 Å². The third-order valence-electron chi connectivity index (χ3n) is 13.7. The Morgan fingerprint density at radius 3 is 2.64 bits per heavy atom. The number of halogens is 1. The lowest BCUT2D eigenvalue weighted by molar-refractivity contribution is -0.144. The van der Waals surface area contributed by atoms with E-state index in [-0.39, 0.29) is 23.4 Å². The lowest BCUT2D eigenvalue weighted by atomic mass is 9.59. The summed E-state index contributed by atoms with van der Waals surface area (Å²) in [5.41, 5.74) is 4.45. The van der Waals surface area contributed by atoms with Crippen LogP contribution in [0.3, 0.4) is 0 Å². The van der Waals surface area contributed by atoms with Crippen LogP contribution in [0, 0.1) is 17.8 Å². The van der Waals surface area contributed by atoms with Crippen molar-refractivity contribution >= 4 is 29.0 Å². The number of rotatable bonds is 11. The number of aromatic nitrogens is 1. The van der Waals surface area contributed by atoms with E-state index in [2.05, 4.69) is 41.2 Å². The molecule has 294 valence electrons. The van der Waals surface area contributed by atoms with Gasteiger partial charge in [-0.25, -0.2) is 4.79 Å². The molecule has 5 aliphatic rings. The molecule has 3 aromatic rings. The molecule has 2 aromatic carbocycles. The molecular formula is C45H56ClN3O6. The van der Waals surface area contributed by atoms with Crippen LogP contribution in [0.4, 0.5) is 5.69 Å². The summed E-state index contributed by atoms with van der Waals surface area (Å²) in [5, 5.41) is 14.7. The second-order valence-electron chi connectivity index (χ2n) is 17.4. The van der Waals surface area contributed by atoms with E-state index in [0.29, 0.717) is 48.7 Å². The van der Waals surface area contributed by atoms with Crippen LogP contribution in [0.5, 0.6) is 17.2 Å². The molecule has 1 saturated heterocycles. The summed E-state index contributed by atoms with van der Waals surface area (Å²) in [6.45, 7) is 9.95. The number of ketones is 1. The number of ether oxygens (including phenoxy) is 3. The van der Waals surface area contributed by atoms with Crippen molar-refractivity contribution in [3.05, 3.63) is 76.1 Å². The van der Waals surface area contributed by atoms with Gasteiger partial charge in [0.2, 0.25) is 0 Å². The Kier molecular flexibility index (Phi) is 10.8. The fraction of sp³-hybridized carbons (Fsp3) is 0.578. The molecule has 1 aromatic heterocycles. The number of likely N-dealkylation sites (tertiary alicyclic amines) is 1. The van der Waals surface area contributed by atoms with Gasteiger partial charge < -0.3 is 24.6 Å². The van der Waals surface area contributed by atoms with Crippen molar-refractivity contribution in [1.82, 2.24) is 9.88 Å². The molecule has 8 rings (SSSR count). The van der Waals surface area contributed by atoms with Crippen molar-refractivity contribution in [2.24, 2.45) is 17.8 Å². The van der Waals surface area contributed by atoms with Crippen LogP contribution >= 0.6 is 11.6 Å². The third-order valence-corrected chi connectivity index (χ3v) is 13.9. The molecule has 2 N–H and O–H groups in total. The number of carbonyl (C=O) groups excluding carboxylic acids is 1. The Morgan fingerprint density at radius 2 is 1.89 bits per heavy atom. The van der Waals surface area contributed by atoms with Gasteiger partial charge in [0.15, 0.2) is 11.5 Å². The maximum atomic E-state index is 13.1. The van der Waals surface area contributed by atoms with Crippen molar-refractivity contribution in [1.29, 1.82) is 0 Å². The fourth-order valence-electron chi connectivity index (χ4n) is 10.6. The number of benzene rings is 2. The molecule has 1 spiro atoms. The summed E-state index contributed by atoms with van der Waals surface area (Å²) >= 11 is 6.32. The van der Waals surface area contributed by atoms with Crippen LogP contribution in [0.1, 0.15) is 107 Å². The van der Waals surface area contributed by atoms with E-state index in [0.717, 1.165) is 93.9 Å². The Labute approximate surface area is 330 Å². The van der Waals surface area contributed by atoms with E-state index < -0.39 is 11.5 Å². The number of aryl methyl sites for hydroxylation is 1. The molecule has 1 saturated carbocycles. The first-order chi connectivity index (χ1) is 26.5. The summed E-state index contributed by atoms with van der Waals surface area (Å²) in [6, 6.07) is 13.8. The van der Waals surface area contributed by atoms with Crippen LogP contribution in [-0.4, -0.2) is 71.2 Å². The van der Waals surface area contributed by atoms with Gasteiger partial charge in [-0.3, -0.25) is 14.7 Å². The zero-order valence-corrected chi connectivity index (χ0v) is 33.3.